The summed E-state index contributed by atoms with van der Waals surface area (Å²) in [7, 11) is 0. The maximum absolute atomic E-state index is 12.8. The van der Waals surface area contributed by atoms with Crippen LogP contribution in [0.2, 0.25) is 0 Å². The SMILES string of the molecule is C[C@H](NC(=O)c1ccccc1Cn1cncn1)[C@@H]1C[C@H]2CC[C@H]1C2. The van der Waals surface area contributed by atoms with Crippen LogP contribution in [0.4, 0.5) is 0 Å². The van der Waals surface area contributed by atoms with Gasteiger partial charge in [0.1, 0.15) is 12.7 Å². The van der Waals surface area contributed by atoms with E-state index in [4.69, 9.17) is 0 Å². The van der Waals surface area contributed by atoms with Gasteiger partial charge in [-0.2, -0.15) is 5.10 Å². The summed E-state index contributed by atoms with van der Waals surface area (Å²) in [5.74, 6) is 2.39. The molecule has 2 aliphatic rings. The highest BCUT2D eigenvalue weighted by molar-refractivity contribution is 5.95. The van der Waals surface area contributed by atoms with Gasteiger partial charge in [-0.25, -0.2) is 9.67 Å². The van der Waals surface area contributed by atoms with Crippen LogP contribution in [0.25, 0.3) is 0 Å². The molecular weight excluding hydrogens is 300 g/mol. The van der Waals surface area contributed by atoms with E-state index >= 15 is 0 Å². The fraction of sp³-hybridized carbons (Fsp3) is 0.526. The Labute approximate surface area is 142 Å². The molecule has 2 saturated carbocycles. The van der Waals surface area contributed by atoms with Crippen LogP contribution in [0.15, 0.2) is 36.9 Å². The van der Waals surface area contributed by atoms with Gasteiger partial charge in [-0.15, -0.1) is 0 Å². The van der Waals surface area contributed by atoms with Crippen LogP contribution in [0, 0.1) is 17.8 Å². The minimum Gasteiger partial charge on any atom is -0.349 e. The average molecular weight is 324 g/mol. The van der Waals surface area contributed by atoms with Gasteiger partial charge >= 0.3 is 0 Å². The number of amides is 1. The van der Waals surface area contributed by atoms with Crippen LogP contribution in [-0.2, 0) is 6.54 Å². The quantitative estimate of drug-likeness (QED) is 0.920. The van der Waals surface area contributed by atoms with E-state index in [0.29, 0.717) is 12.5 Å². The second-order valence-corrected chi connectivity index (χ2v) is 7.35. The first-order chi connectivity index (χ1) is 11.7. The van der Waals surface area contributed by atoms with Crippen molar-refractivity contribution in [2.24, 2.45) is 17.8 Å². The summed E-state index contributed by atoms with van der Waals surface area (Å²) >= 11 is 0. The lowest BCUT2D eigenvalue weighted by molar-refractivity contribution is 0.0914. The topological polar surface area (TPSA) is 59.8 Å². The maximum Gasteiger partial charge on any atom is 0.251 e. The Balaban J connectivity index is 1.46. The number of fused-ring (bicyclic) bond motifs is 2. The molecule has 0 radical (unpaired) electrons. The van der Waals surface area contributed by atoms with E-state index in [1.807, 2.05) is 24.3 Å². The molecule has 0 spiro atoms. The molecule has 1 heterocycles. The van der Waals surface area contributed by atoms with Gasteiger partial charge in [0.25, 0.3) is 5.91 Å². The second-order valence-electron chi connectivity index (χ2n) is 7.35. The molecule has 24 heavy (non-hydrogen) atoms. The molecule has 1 N–H and O–H groups in total. The average Bonchev–Trinajstić information content (AvgIpc) is 3.33. The van der Waals surface area contributed by atoms with E-state index in [1.165, 1.54) is 32.0 Å². The van der Waals surface area contributed by atoms with Crippen molar-refractivity contribution < 1.29 is 4.79 Å². The van der Waals surface area contributed by atoms with Gasteiger partial charge in [0.05, 0.1) is 6.54 Å². The predicted molar refractivity (Wildman–Crippen MR) is 91.4 cm³/mol. The lowest BCUT2D eigenvalue weighted by Crippen LogP contribution is -2.40. The lowest BCUT2D eigenvalue weighted by Gasteiger charge is -2.28. The molecule has 0 aliphatic heterocycles. The summed E-state index contributed by atoms with van der Waals surface area (Å²) < 4.78 is 1.74. The van der Waals surface area contributed by atoms with Crippen LogP contribution in [-0.4, -0.2) is 26.7 Å². The van der Waals surface area contributed by atoms with E-state index in [-0.39, 0.29) is 11.9 Å². The van der Waals surface area contributed by atoms with Gasteiger partial charge in [0.15, 0.2) is 0 Å². The Morgan fingerprint density at radius 3 is 2.92 bits per heavy atom. The number of carbonyl (C=O) groups is 1. The summed E-state index contributed by atoms with van der Waals surface area (Å²) in [6.07, 6.45) is 8.58. The first-order valence-corrected chi connectivity index (χ1v) is 8.92. The molecule has 2 fully saturated rings. The minimum absolute atomic E-state index is 0.0287. The zero-order chi connectivity index (χ0) is 16.5. The van der Waals surface area contributed by atoms with Crippen LogP contribution < -0.4 is 5.32 Å². The van der Waals surface area contributed by atoms with Crippen molar-refractivity contribution in [2.45, 2.75) is 45.2 Å². The maximum atomic E-state index is 12.8. The van der Waals surface area contributed by atoms with Crippen molar-refractivity contribution in [1.29, 1.82) is 0 Å². The van der Waals surface area contributed by atoms with Crippen molar-refractivity contribution in [1.82, 2.24) is 20.1 Å². The molecule has 1 aromatic carbocycles. The van der Waals surface area contributed by atoms with Crippen LogP contribution in [0.5, 0.6) is 0 Å². The van der Waals surface area contributed by atoms with E-state index < -0.39 is 0 Å². The Morgan fingerprint density at radius 1 is 1.33 bits per heavy atom. The molecular formula is C19H24N4O. The van der Waals surface area contributed by atoms with Gasteiger partial charge in [-0.05, 0) is 55.6 Å². The van der Waals surface area contributed by atoms with Crippen LogP contribution >= 0.6 is 0 Å². The zero-order valence-corrected chi connectivity index (χ0v) is 14.1. The van der Waals surface area contributed by atoms with Gasteiger partial charge in [-0.1, -0.05) is 24.6 Å². The molecule has 2 aromatic rings. The monoisotopic (exact) mass is 324 g/mol. The summed E-state index contributed by atoms with van der Waals surface area (Å²) in [6.45, 7) is 2.73. The normalized spacial score (nSPS) is 26.5. The fourth-order valence-electron chi connectivity index (χ4n) is 4.67. The van der Waals surface area contributed by atoms with Crippen molar-refractivity contribution in [3.8, 4) is 0 Å². The molecule has 0 unspecified atom stereocenters. The van der Waals surface area contributed by atoms with E-state index in [0.717, 1.165) is 23.0 Å². The number of carbonyl (C=O) groups excluding carboxylic acids is 1. The van der Waals surface area contributed by atoms with Crippen LogP contribution in [0.1, 0.15) is 48.5 Å². The van der Waals surface area contributed by atoms with E-state index in [2.05, 4.69) is 22.3 Å². The smallest absolute Gasteiger partial charge is 0.251 e. The predicted octanol–water partition coefficient (Wildman–Crippen LogP) is 2.88. The third-order valence-electron chi connectivity index (χ3n) is 5.85. The highest BCUT2D eigenvalue weighted by Crippen LogP contribution is 2.49. The Hall–Kier alpha value is -2.17. The van der Waals surface area contributed by atoms with Crippen molar-refractivity contribution in [3.05, 3.63) is 48.0 Å². The van der Waals surface area contributed by atoms with Crippen molar-refractivity contribution in [2.75, 3.05) is 0 Å². The third-order valence-corrected chi connectivity index (χ3v) is 5.85. The van der Waals surface area contributed by atoms with Gasteiger partial charge in [0, 0.05) is 11.6 Å². The van der Waals surface area contributed by atoms with Crippen molar-refractivity contribution >= 4 is 5.91 Å². The standard InChI is InChI=1S/C19H24N4O/c1-13(18-9-14-6-7-15(18)8-14)22-19(24)17-5-3-2-4-16(17)10-23-12-20-11-21-23/h2-5,11-15,18H,6-10H2,1H3,(H,22,24)/t13-,14-,15-,18-/m0/s1. The number of nitrogens with zero attached hydrogens (tertiary/aromatic N) is 3. The number of nitrogens with one attached hydrogen (secondary N) is 1. The summed E-state index contributed by atoms with van der Waals surface area (Å²) in [5.41, 5.74) is 1.71. The molecule has 2 aliphatic carbocycles. The molecule has 4 atom stereocenters. The second kappa shape index (κ2) is 6.38. The fourth-order valence-corrected chi connectivity index (χ4v) is 4.67. The van der Waals surface area contributed by atoms with E-state index in [1.54, 1.807) is 11.0 Å². The molecule has 4 rings (SSSR count). The Bertz CT molecular complexity index is 712. The van der Waals surface area contributed by atoms with Gasteiger partial charge in [-0.3, -0.25) is 4.79 Å². The highest BCUT2D eigenvalue weighted by Gasteiger charge is 2.42. The van der Waals surface area contributed by atoms with Gasteiger partial charge < -0.3 is 5.32 Å². The summed E-state index contributed by atoms with van der Waals surface area (Å²) in [5, 5.41) is 7.39. The first kappa shape index (κ1) is 15.4. The third kappa shape index (κ3) is 2.95. The molecule has 5 nitrogen and oxygen atoms in total. The summed E-state index contributed by atoms with van der Waals surface area (Å²) in [4.78, 5) is 16.8. The number of aromatic nitrogens is 3. The number of hydrogen-bond acceptors (Lipinski definition) is 3. The molecule has 2 bridgehead atoms. The first-order valence-electron chi connectivity index (χ1n) is 8.92. The molecule has 5 heteroatoms. The lowest BCUT2D eigenvalue weighted by atomic mass is 9.84. The number of rotatable bonds is 5. The molecule has 126 valence electrons. The van der Waals surface area contributed by atoms with Crippen LogP contribution in [0.3, 0.4) is 0 Å². The molecule has 1 amide bonds. The number of benzene rings is 1. The number of hydrogen-bond donors (Lipinski definition) is 1. The Kier molecular flexibility index (Phi) is 4.08. The highest BCUT2D eigenvalue weighted by atomic mass is 16.1. The molecule has 0 saturated heterocycles. The molecule has 1 aromatic heterocycles. The summed E-state index contributed by atoms with van der Waals surface area (Å²) in [6, 6.07) is 8.00. The van der Waals surface area contributed by atoms with Crippen molar-refractivity contribution in [3.63, 3.8) is 0 Å². The Morgan fingerprint density at radius 2 is 2.21 bits per heavy atom. The van der Waals surface area contributed by atoms with Gasteiger partial charge in [0.2, 0.25) is 0 Å². The zero-order valence-electron chi connectivity index (χ0n) is 14.1. The largest absolute Gasteiger partial charge is 0.349 e. The van der Waals surface area contributed by atoms with E-state index in [9.17, 15) is 4.79 Å². The minimum atomic E-state index is 0.0287.